The van der Waals surface area contributed by atoms with Crippen molar-refractivity contribution in [3.63, 3.8) is 0 Å². The summed E-state index contributed by atoms with van der Waals surface area (Å²) in [7, 11) is 0. The van der Waals surface area contributed by atoms with Crippen molar-refractivity contribution >= 4 is 33.5 Å². The maximum absolute atomic E-state index is 12.5. The highest BCUT2D eigenvalue weighted by Crippen LogP contribution is 2.43. The monoisotopic (exact) mass is 574 g/mol. The minimum absolute atomic E-state index is 0.205. The molecule has 0 unspecified atom stereocenters. The lowest BCUT2D eigenvalue weighted by molar-refractivity contribution is -0.146. The van der Waals surface area contributed by atoms with Gasteiger partial charge in [-0.05, 0) is 55.6 Å². The van der Waals surface area contributed by atoms with Gasteiger partial charge in [0.1, 0.15) is 11.5 Å². The van der Waals surface area contributed by atoms with Gasteiger partial charge >= 0.3 is 11.9 Å². The highest BCUT2D eigenvalue weighted by molar-refractivity contribution is 6.11. The van der Waals surface area contributed by atoms with E-state index in [0.29, 0.717) is 25.0 Å². The molecule has 0 saturated heterocycles. The average molecular weight is 575 g/mol. The molecular weight excluding hydrogens is 528 g/mol. The summed E-state index contributed by atoms with van der Waals surface area (Å²) in [6.07, 6.45) is 13.4. The number of carbonyl (C=O) groups excluding carboxylic acids is 2. The van der Waals surface area contributed by atoms with E-state index in [2.05, 4.69) is 25.1 Å². The van der Waals surface area contributed by atoms with E-state index in [9.17, 15) is 9.59 Å². The molecule has 0 aromatic heterocycles. The van der Waals surface area contributed by atoms with E-state index in [1.807, 2.05) is 24.3 Å². The molecule has 6 heteroatoms. The summed E-state index contributed by atoms with van der Waals surface area (Å²) in [4.78, 5) is 25.0. The van der Waals surface area contributed by atoms with Crippen molar-refractivity contribution in [3.8, 4) is 11.5 Å². The van der Waals surface area contributed by atoms with Gasteiger partial charge in [0.05, 0.1) is 39.3 Å². The molecule has 0 heterocycles. The van der Waals surface area contributed by atoms with Crippen LogP contribution in [-0.2, 0) is 25.5 Å². The second-order valence-corrected chi connectivity index (χ2v) is 12.0. The Balaban J connectivity index is 1.27. The topological polar surface area (TPSA) is 71.1 Å². The molecule has 2 fully saturated rings. The molecule has 226 valence electrons. The Bertz CT molecular complexity index is 1340. The fourth-order valence-corrected chi connectivity index (χ4v) is 6.42. The molecule has 3 aromatic carbocycles. The maximum Gasteiger partial charge on any atom is 0.309 e. The number of hydrogen-bond donors (Lipinski definition) is 0. The van der Waals surface area contributed by atoms with E-state index >= 15 is 0 Å². The Hall–Kier alpha value is -3.28. The van der Waals surface area contributed by atoms with Crippen LogP contribution in [0.2, 0.25) is 0 Å². The molecule has 3 aromatic rings. The van der Waals surface area contributed by atoms with Crippen LogP contribution in [0.25, 0.3) is 21.5 Å². The Labute approximate surface area is 250 Å². The number of fused-ring (bicyclic) bond motifs is 2. The summed E-state index contributed by atoms with van der Waals surface area (Å²) >= 11 is 0. The van der Waals surface area contributed by atoms with Crippen molar-refractivity contribution in [3.05, 3.63) is 48.0 Å². The van der Waals surface area contributed by atoms with Gasteiger partial charge in [-0.15, -0.1) is 0 Å². The first-order valence-corrected chi connectivity index (χ1v) is 16.2. The lowest BCUT2D eigenvalue weighted by Crippen LogP contribution is -2.18. The molecule has 5 rings (SSSR count). The number of ether oxygens (including phenoxy) is 4. The highest BCUT2D eigenvalue weighted by Gasteiger charge is 2.20. The molecule has 0 spiro atoms. The molecule has 2 aliphatic carbocycles. The number of carbonyl (C=O) groups is 2. The molecule has 2 aliphatic rings. The van der Waals surface area contributed by atoms with Gasteiger partial charge in [-0.25, -0.2) is 0 Å². The lowest BCUT2D eigenvalue weighted by Gasteiger charge is -2.21. The third-order valence-electron chi connectivity index (χ3n) is 8.91. The van der Waals surface area contributed by atoms with E-state index in [1.54, 1.807) is 0 Å². The van der Waals surface area contributed by atoms with Crippen molar-refractivity contribution in [1.29, 1.82) is 0 Å². The third-order valence-corrected chi connectivity index (χ3v) is 8.91. The maximum atomic E-state index is 12.5. The van der Waals surface area contributed by atoms with Gasteiger partial charge in [0.15, 0.2) is 0 Å². The van der Waals surface area contributed by atoms with Crippen molar-refractivity contribution < 1.29 is 28.5 Å². The summed E-state index contributed by atoms with van der Waals surface area (Å²) in [6, 6.07) is 14.3. The molecule has 2 saturated carbocycles. The lowest BCUT2D eigenvalue weighted by atomic mass is 9.90. The predicted molar refractivity (Wildman–Crippen MR) is 166 cm³/mol. The van der Waals surface area contributed by atoms with E-state index in [-0.39, 0.29) is 38.0 Å². The zero-order chi connectivity index (χ0) is 29.1. The Morgan fingerprint density at radius 2 is 1.12 bits per heavy atom. The quantitative estimate of drug-likeness (QED) is 0.151. The summed E-state index contributed by atoms with van der Waals surface area (Å²) < 4.78 is 23.8. The fourth-order valence-electron chi connectivity index (χ4n) is 6.42. The highest BCUT2D eigenvalue weighted by atomic mass is 16.5. The van der Waals surface area contributed by atoms with Gasteiger partial charge in [0, 0.05) is 21.5 Å². The number of rotatable bonds is 13. The standard InChI is InChI=1S/C36H46O6/c1-2-26-17-18-31-32(23-26)36(40-22-20-34(38)42-25-28-13-7-4-8-14-28)30-16-10-9-15-29(30)35(31)39-21-19-33(37)41-24-27-11-5-3-6-12-27/h9-10,15-18,23,27-28H,2-8,11-14,19-22,24-25H2,1H3. The van der Waals surface area contributed by atoms with Gasteiger partial charge < -0.3 is 18.9 Å². The number of benzene rings is 3. The van der Waals surface area contributed by atoms with Crippen LogP contribution in [0.3, 0.4) is 0 Å². The number of aryl methyl sites for hydroxylation is 1. The van der Waals surface area contributed by atoms with Crippen molar-refractivity contribution in [2.75, 3.05) is 26.4 Å². The minimum atomic E-state index is -0.210. The molecule has 0 bridgehead atoms. The van der Waals surface area contributed by atoms with Crippen LogP contribution in [0, 0.1) is 11.8 Å². The second-order valence-electron chi connectivity index (χ2n) is 12.0. The van der Waals surface area contributed by atoms with E-state index in [0.717, 1.165) is 65.1 Å². The van der Waals surface area contributed by atoms with Gasteiger partial charge in [0.25, 0.3) is 0 Å². The Kier molecular flexibility index (Phi) is 11.0. The molecule has 42 heavy (non-hydrogen) atoms. The predicted octanol–water partition coefficient (Wildman–Crippen LogP) is 8.34. The third kappa shape index (κ3) is 7.96. The Morgan fingerprint density at radius 1 is 0.643 bits per heavy atom. The number of esters is 2. The first-order chi connectivity index (χ1) is 20.6. The smallest absolute Gasteiger partial charge is 0.309 e. The molecule has 0 amide bonds. The fraction of sp³-hybridized carbons (Fsp3) is 0.556. The minimum Gasteiger partial charge on any atom is -0.492 e. The van der Waals surface area contributed by atoms with Crippen molar-refractivity contribution in [2.24, 2.45) is 11.8 Å². The van der Waals surface area contributed by atoms with Gasteiger partial charge in [-0.1, -0.05) is 81.8 Å². The zero-order valence-electron chi connectivity index (χ0n) is 25.2. The van der Waals surface area contributed by atoms with E-state index in [4.69, 9.17) is 18.9 Å². The van der Waals surface area contributed by atoms with E-state index in [1.165, 1.54) is 44.1 Å². The second kappa shape index (κ2) is 15.3. The molecule has 0 N–H and O–H groups in total. The summed E-state index contributed by atoms with van der Waals surface area (Å²) in [5, 5.41) is 3.71. The Morgan fingerprint density at radius 3 is 1.62 bits per heavy atom. The first-order valence-electron chi connectivity index (χ1n) is 16.2. The van der Waals surface area contributed by atoms with Crippen LogP contribution < -0.4 is 9.47 Å². The van der Waals surface area contributed by atoms with Crippen molar-refractivity contribution in [2.45, 2.75) is 90.4 Å². The molecule has 0 aliphatic heterocycles. The first kappa shape index (κ1) is 30.2. The number of hydrogen-bond acceptors (Lipinski definition) is 6. The normalized spacial score (nSPS) is 16.4. The molecule has 0 atom stereocenters. The summed E-state index contributed by atoms with van der Waals surface area (Å²) in [6.45, 7) is 3.65. The molecule has 6 nitrogen and oxygen atoms in total. The van der Waals surface area contributed by atoms with Crippen LogP contribution in [0.4, 0.5) is 0 Å². The van der Waals surface area contributed by atoms with Crippen LogP contribution in [-0.4, -0.2) is 38.4 Å². The largest absolute Gasteiger partial charge is 0.492 e. The van der Waals surface area contributed by atoms with Crippen LogP contribution in [0.5, 0.6) is 11.5 Å². The van der Waals surface area contributed by atoms with Gasteiger partial charge in [-0.3, -0.25) is 9.59 Å². The van der Waals surface area contributed by atoms with E-state index < -0.39 is 0 Å². The molecular formula is C36H46O6. The van der Waals surface area contributed by atoms with Crippen LogP contribution in [0.1, 0.15) is 89.5 Å². The zero-order valence-corrected chi connectivity index (χ0v) is 25.2. The SMILES string of the molecule is CCc1ccc2c(OCCC(=O)OCC3CCCCC3)c3ccccc3c(OCCC(=O)OCC3CCCCC3)c2c1. The van der Waals surface area contributed by atoms with Crippen LogP contribution >= 0.6 is 0 Å². The van der Waals surface area contributed by atoms with Crippen molar-refractivity contribution in [1.82, 2.24) is 0 Å². The average Bonchev–Trinajstić information content (AvgIpc) is 3.04. The van der Waals surface area contributed by atoms with Gasteiger partial charge in [0.2, 0.25) is 0 Å². The summed E-state index contributed by atoms with van der Waals surface area (Å²) in [5.74, 6) is 2.06. The summed E-state index contributed by atoms with van der Waals surface area (Å²) in [5.41, 5.74) is 1.19. The molecule has 0 radical (unpaired) electrons. The van der Waals surface area contributed by atoms with Crippen LogP contribution in [0.15, 0.2) is 42.5 Å². The van der Waals surface area contributed by atoms with Gasteiger partial charge in [-0.2, -0.15) is 0 Å².